The number of hydrogen-bond donors (Lipinski definition) is 2. The standard InChI is InChI=1S/C25H27N5O4S/c1-25(2,3)34-24(33)29-11-9-15(10-12-29)18-14-20(31)27-22-21-16(6-4-7-17(21)28-30(18)22)26-23(32)19-8-5-13-35-19/h4-8,13-15H,9-12H2,1-3H3,(H,26,32)(H,27,31). The molecule has 0 unspecified atom stereocenters. The molecular weight excluding hydrogens is 466 g/mol. The molecule has 0 spiro atoms. The first-order valence-electron chi connectivity index (χ1n) is 11.6. The Hall–Kier alpha value is -3.66. The number of carbonyl (C=O) groups is 2. The van der Waals surface area contributed by atoms with E-state index in [-0.39, 0.29) is 23.5 Å². The zero-order valence-corrected chi connectivity index (χ0v) is 20.6. The lowest BCUT2D eigenvalue weighted by molar-refractivity contribution is 0.0203. The first-order valence-corrected chi connectivity index (χ1v) is 12.4. The fourth-order valence-corrected chi connectivity index (χ4v) is 5.08. The Labute approximate surface area is 205 Å². The number of carbonyl (C=O) groups excluding carboxylic acids is 2. The van der Waals surface area contributed by atoms with Crippen LogP contribution in [0.1, 0.15) is 54.9 Å². The minimum absolute atomic E-state index is 0.0527. The highest BCUT2D eigenvalue weighted by Gasteiger charge is 2.29. The number of piperidine rings is 1. The molecule has 1 saturated heterocycles. The fraction of sp³-hybridized carbons (Fsp3) is 0.360. The quantitative estimate of drug-likeness (QED) is 0.433. The van der Waals surface area contributed by atoms with Gasteiger partial charge in [-0.3, -0.25) is 9.59 Å². The van der Waals surface area contributed by atoms with Crippen molar-refractivity contribution in [1.82, 2.24) is 19.5 Å². The molecule has 0 atom stereocenters. The van der Waals surface area contributed by atoms with Crippen molar-refractivity contribution in [1.29, 1.82) is 0 Å². The zero-order chi connectivity index (χ0) is 24.7. The summed E-state index contributed by atoms with van der Waals surface area (Å²) in [6, 6.07) is 10.7. The van der Waals surface area contributed by atoms with Gasteiger partial charge in [0.2, 0.25) is 0 Å². The maximum atomic E-state index is 12.7. The van der Waals surface area contributed by atoms with Gasteiger partial charge in [-0.2, -0.15) is 5.10 Å². The highest BCUT2D eigenvalue weighted by atomic mass is 32.1. The van der Waals surface area contributed by atoms with Crippen molar-refractivity contribution in [3.63, 3.8) is 0 Å². The molecule has 0 radical (unpaired) electrons. The highest BCUT2D eigenvalue weighted by Crippen LogP contribution is 2.32. The molecule has 182 valence electrons. The van der Waals surface area contributed by atoms with Crippen molar-refractivity contribution < 1.29 is 14.3 Å². The van der Waals surface area contributed by atoms with Gasteiger partial charge < -0.3 is 19.9 Å². The maximum Gasteiger partial charge on any atom is 0.410 e. The van der Waals surface area contributed by atoms with E-state index < -0.39 is 5.60 Å². The SMILES string of the molecule is CC(C)(C)OC(=O)N1CCC(c2cc(=O)[nH]c3c4c(NC(=O)c5cccs5)cccc4nn23)CC1. The number of anilines is 1. The molecule has 4 aromatic rings. The number of nitrogens with one attached hydrogen (secondary N) is 2. The predicted molar refractivity (Wildman–Crippen MR) is 135 cm³/mol. The summed E-state index contributed by atoms with van der Waals surface area (Å²) in [6.45, 7) is 6.63. The van der Waals surface area contributed by atoms with Gasteiger partial charge in [0, 0.05) is 25.1 Å². The number of likely N-dealkylation sites (tertiary alicyclic amines) is 1. The monoisotopic (exact) mass is 493 g/mol. The number of thiophene rings is 1. The summed E-state index contributed by atoms with van der Waals surface area (Å²) in [5.74, 6) is -0.156. The van der Waals surface area contributed by atoms with Crippen LogP contribution in [0.5, 0.6) is 0 Å². The molecule has 35 heavy (non-hydrogen) atoms. The van der Waals surface area contributed by atoms with E-state index in [0.29, 0.717) is 53.0 Å². The van der Waals surface area contributed by atoms with Gasteiger partial charge in [0.05, 0.1) is 27.2 Å². The second kappa shape index (κ2) is 8.84. The Morgan fingerprint density at radius 1 is 1.17 bits per heavy atom. The van der Waals surface area contributed by atoms with Crippen LogP contribution in [0.15, 0.2) is 46.6 Å². The van der Waals surface area contributed by atoms with E-state index in [1.165, 1.54) is 11.3 Å². The minimum Gasteiger partial charge on any atom is -0.444 e. The highest BCUT2D eigenvalue weighted by molar-refractivity contribution is 7.12. The van der Waals surface area contributed by atoms with Gasteiger partial charge in [-0.1, -0.05) is 12.1 Å². The van der Waals surface area contributed by atoms with E-state index in [1.54, 1.807) is 27.6 Å². The van der Waals surface area contributed by atoms with Crippen molar-refractivity contribution in [2.24, 2.45) is 0 Å². The number of fused-ring (bicyclic) bond motifs is 3. The molecule has 3 aromatic heterocycles. The van der Waals surface area contributed by atoms with Crippen molar-refractivity contribution in [2.75, 3.05) is 18.4 Å². The van der Waals surface area contributed by atoms with E-state index >= 15 is 0 Å². The third-order valence-corrected chi connectivity index (χ3v) is 6.89. The third-order valence-electron chi connectivity index (χ3n) is 6.02. The number of ether oxygens (including phenoxy) is 1. The summed E-state index contributed by atoms with van der Waals surface area (Å²) in [7, 11) is 0. The smallest absolute Gasteiger partial charge is 0.410 e. The van der Waals surface area contributed by atoms with Crippen molar-refractivity contribution in [3.8, 4) is 0 Å². The topological polar surface area (TPSA) is 109 Å². The normalized spacial score (nSPS) is 15.0. The Morgan fingerprint density at radius 2 is 1.94 bits per heavy atom. The number of rotatable bonds is 3. The summed E-state index contributed by atoms with van der Waals surface area (Å²) < 4.78 is 7.26. The first-order chi connectivity index (χ1) is 16.7. The van der Waals surface area contributed by atoms with Crippen LogP contribution in [0.4, 0.5) is 10.5 Å². The third kappa shape index (κ3) is 4.66. The van der Waals surface area contributed by atoms with Crippen molar-refractivity contribution in [3.05, 3.63) is 62.7 Å². The lowest BCUT2D eigenvalue weighted by atomic mass is 9.93. The van der Waals surface area contributed by atoms with Crippen LogP contribution >= 0.6 is 11.3 Å². The number of nitrogens with zero attached hydrogens (tertiary/aromatic N) is 3. The molecule has 4 heterocycles. The summed E-state index contributed by atoms with van der Waals surface area (Å²) in [5, 5.41) is 10.2. The molecule has 2 amide bonds. The second-order valence-electron chi connectivity index (χ2n) is 9.69. The number of aromatic nitrogens is 3. The number of amides is 2. The largest absolute Gasteiger partial charge is 0.444 e. The minimum atomic E-state index is -0.543. The molecular formula is C25H27N5O4S. The molecule has 0 saturated carbocycles. The predicted octanol–water partition coefficient (Wildman–Crippen LogP) is 4.60. The Balaban J connectivity index is 1.46. The number of H-pyrrole nitrogens is 1. The molecule has 1 fully saturated rings. The van der Waals surface area contributed by atoms with Crippen LogP contribution in [-0.4, -0.2) is 50.2 Å². The van der Waals surface area contributed by atoms with Gasteiger partial charge in [-0.05, 0) is 57.2 Å². The summed E-state index contributed by atoms with van der Waals surface area (Å²) in [4.78, 5) is 43.0. The second-order valence-corrected chi connectivity index (χ2v) is 10.6. The Kier molecular flexibility index (Phi) is 5.84. The molecule has 0 bridgehead atoms. The van der Waals surface area contributed by atoms with Gasteiger partial charge in [0.25, 0.3) is 11.5 Å². The Morgan fingerprint density at radius 3 is 2.63 bits per heavy atom. The summed E-state index contributed by atoms with van der Waals surface area (Å²) in [5.41, 5.74) is 1.81. The van der Waals surface area contributed by atoms with Crippen LogP contribution in [0.25, 0.3) is 16.6 Å². The van der Waals surface area contributed by atoms with E-state index in [2.05, 4.69) is 10.3 Å². The average Bonchev–Trinajstić information content (AvgIpc) is 3.46. The van der Waals surface area contributed by atoms with Gasteiger partial charge in [0.1, 0.15) is 11.2 Å². The van der Waals surface area contributed by atoms with E-state index in [1.807, 2.05) is 44.4 Å². The maximum absolute atomic E-state index is 12.7. The fourth-order valence-electron chi connectivity index (χ4n) is 4.46. The molecule has 9 nitrogen and oxygen atoms in total. The van der Waals surface area contributed by atoms with Gasteiger partial charge in [-0.25, -0.2) is 9.31 Å². The summed E-state index contributed by atoms with van der Waals surface area (Å²) >= 11 is 1.36. The van der Waals surface area contributed by atoms with E-state index in [9.17, 15) is 14.4 Å². The Bertz CT molecular complexity index is 1460. The lowest BCUT2D eigenvalue weighted by Gasteiger charge is -2.33. The molecule has 1 aliphatic heterocycles. The molecule has 5 rings (SSSR count). The number of benzene rings is 1. The van der Waals surface area contributed by atoms with Crippen LogP contribution in [-0.2, 0) is 4.74 Å². The lowest BCUT2D eigenvalue weighted by Crippen LogP contribution is -2.41. The zero-order valence-electron chi connectivity index (χ0n) is 19.8. The molecule has 2 N–H and O–H groups in total. The molecule has 1 aromatic carbocycles. The van der Waals surface area contributed by atoms with E-state index in [4.69, 9.17) is 9.84 Å². The van der Waals surface area contributed by atoms with E-state index in [0.717, 1.165) is 5.69 Å². The molecule has 10 heteroatoms. The van der Waals surface area contributed by atoms with Crippen LogP contribution in [0.3, 0.4) is 0 Å². The van der Waals surface area contributed by atoms with Crippen LogP contribution < -0.4 is 10.9 Å². The van der Waals surface area contributed by atoms with Crippen molar-refractivity contribution in [2.45, 2.75) is 45.1 Å². The van der Waals surface area contributed by atoms with Gasteiger partial charge in [-0.15, -0.1) is 11.3 Å². The van der Waals surface area contributed by atoms with Gasteiger partial charge in [0.15, 0.2) is 0 Å². The van der Waals surface area contributed by atoms with Gasteiger partial charge >= 0.3 is 6.09 Å². The molecule has 1 aliphatic rings. The first kappa shape index (κ1) is 23.1. The van der Waals surface area contributed by atoms with Crippen molar-refractivity contribution >= 4 is 45.6 Å². The van der Waals surface area contributed by atoms with Crippen LogP contribution in [0.2, 0.25) is 0 Å². The number of aromatic amines is 1. The number of hydrogen-bond acceptors (Lipinski definition) is 6. The summed E-state index contributed by atoms with van der Waals surface area (Å²) in [6.07, 6.45) is 1.06. The molecule has 0 aliphatic carbocycles. The van der Waals surface area contributed by atoms with Crippen LogP contribution in [0, 0.1) is 0 Å². The average molecular weight is 494 g/mol.